The lowest BCUT2D eigenvalue weighted by atomic mass is 10.2. The molecule has 0 aliphatic heterocycles. The Bertz CT molecular complexity index is 962. The van der Waals surface area contributed by atoms with Crippen molar-refractivity contribution < 1.29 is 26.4 Å². The van der Waals surface area contributed by atoms with Gasteiger partial charge in [-0.05, 0) is 42.8 Å². The maximum absolute atomic E-state index is 12.9. The van der Waals surface area contributed by atoms with Gasteiger partial charge in [-0.25, -0.2) is 8.42 Å². The average molecular weight is 421 g/mol. The van der Waals surface area contributed by atoms with Gasteiger partial charge in [0.25, 0.3) is 0 Å². The number of carbonyl (C=O) groups excluding carboxylic acids is 1. The molecule has 1 N–H and O–H groups in total. The molecular weight excluding hydrogens is 405 g/mol. The molecule has 0 saturated heterocycles. The minimum atomic E-state index is -4.68. The van der Waals surface area contributed by atoms with Crippen LogP contribution in [0.2, 0.25) is 5.02 Å². The van der Waals surface area contributed by atoms with E-state index in [0.29, 0.717) is 6.07 Å². The zero-order valence-corrected chi connectivity index (χ0v) is 15.9. The number of hydrogen-bond acceptors (Lipinski definition) is 3. The maximum Gasteiger partial charge on any atom is 0.417 e. The van der Waals surface area contributed by atoms with E-state index in [9.17, 15) is 26.4 Å². The van der Waals surface area contributed by atoms with E-state index in [-0.39, 0.29) is 11.4 Å². The van der Waals surface area contributed by atoms with E-state index in [1.165, 1.54) is 12.1 Å². The normalized spacial score (nSPS) is 11.9. The lowest BCUT2D eigenvalue weighted by Crippen LogP contribution is -2.37. The molecule has 0 heterocycles. The highest BCUT2D eigenvalue weighted by Crippen LogP contribution is 2.36. The first-order valence-corrected chi connectivity index (χ1v) is 9.81. The van der Waals surface area contributed by atoms with E-state index in [0.717, 1.165) is 22.2 Å². The third kappa shape index (κ3) is 5.61. The van der Waals surface area contributed by atoms with E-state index < -0.39 is 39.2 Å². The van der Waals surface area contributed by atoms with E-state index in [2.05, 4.69) is 5.32 Å². The number of rotatable bonds is 5. The Morgan fingerprint density at radius 2 is 1.85 bits per heavy atom. The van der Waals surface area contributed by atoms with Gasteiger partial charge in [0.05, 0.1) is 22.5 Å². The monoisotopic (exact) mass is 420 g/mol. The molecule has 146 valence electrons. The van der Waals surface area contributed by atoms with Crippen molar-refractivity contribution in [2.75, 3.05) is 22.4 Å². The zero-order chi connectivity index (χ0) is 20.4. The van der Waals surface area contributed by atoms with Crippen LogP contribution in [0, 0.1) is 6.92 Å². The molecular formula is C17H16ClF3N2O3S. The Kier molecular flexibility index (Phi) is 6.06. The number of carbonyl (C=O) groups is 1. The Labute approximate surface area is 159 Å². The molecule has 2 aromatic rings. The lowest BCUT2D eigenvalue weighted by molar-refractivity contribution is -0.137. The van der Waals surface area contributed by atoms with Gasteiger partial charge in [-0.3, -0.25) is 9.10 Å². The Hall–Kier alpha value is -2.26. The van der Waals surface area contributed by atoms with Crippen LogP contribution in [0.1, 0.15) is 11.1 Å². The fraction of sp³-hybridized carbons (Fsp3) is 0.235. The summed E-state index contributed by atoms with van der Waals surface area (Å²) in [4.78, 5) is 12.2. The van der Waals surface area contributed by atoms with Gasteiger partial charge in [0, 0.05) is 5.69 Å². The number of halogens is 4. The second-order valence-corrected chi connectivity index (χ2v) is 8.16. The summed E-state index contributed by atoms with van der Waals surface area (Å²) in [5.74, 6) is -0.794. The van der Waals surface area contributed by atoms with E-state index >= 15 is 0 Å². The predicted molar refractivity (Wildman–Crippen MR) is 98.5 cm³/mol. The van der Waals surface area contributed by atoms with Gasteiger partial charge >= 0.3 is 6.18 Å². The lowest BCUT2D eigenvalue weighted by Gasteiger charge is -2.22. The highest BCUT2D eigenvalue weighted by Gasteiger charge is 2.33. The van der Waals surface area contributed by atoms with E-state index in [1.54, 1.807) is 25.1 Å². The first-order chi connectivity index (χ1) is 12.4. The smallest absolute Gasteiger partial charge is 0.324 e. The molecule has 0 fully saturated rings. The van der Waals surface area contributed by atoms with Crippen molar-refractivity contribution in [1.82, 2.24) is 0 Å². The molecule has 10 heteroatoms. The Morgan fingerprint density at radius 3 is 2.41 bits per heavy atom. The summed E-state index contributed by atoms with van der Waals surface area (Å²) >= 11 is 5.54. The number of aryl methyl sites for hydroxylation is 1. The highest BCUT2D eigenvalue weighted by atomic mass is 35.5. The van der Waals surface area contributed by atoms with Crippen molar-refractivity contribution in [2.24, 2.45) is 0 Å². The fourth-order valence-corrected chi connectivity index (χ4v) is 3.41. The molecule has 0 spiro atoms. The maximum atomic E-state index is 12.9. The molecule has 2 aromatic carbocycles. The summed E-state index contributed by atoms with van der Waals surface area (Å²) in [5, 5.41) is 1.76. The van der Waals surface area contributed by atoms with Crippen LogP contribution in [0.3, 0.4) is 0 Å². The fourth-order valence-electron chi connectivity index (χ4n) is 2.33. The molecule has 0 saturated carbocycles. The predicted octanol–water partition coefficient (Wildman–Crippen LogP) is 4.07. The third-order valence-electron chi connectivity index (χ3n) is 3.53. The molecule has 0 atom stereocenters. The van der Waals surface area contributed by atoms with Gasteiger partial charge in [0.2, 0.25) is 15.9 Å². The van der Waals surface area contributed by atoms with Gasteiger partial charge in [-0.1, -0.05) is 23.7 Å². The van der Waals surface area contributed by atoms with Crippen molar-refractivity contribution in [3.8, 4) is 0 Å². The van der Waals surface area contributed by atoms with Crippen LogP contribution in [0.25, 0.3) is 0 Å². The second kappa shape index (κ2) is 7.77. The van der Waals surface area contributed by atoms with Crippen molar-refractivity contribution in [2.45, 2.75) is 13.1 Å². The van der Waals surface area contributed by atoms with Crippen LogP contribution in [0.5, 0.6) is 0 Å². The summed E-state index contributed by atoms with van der Waals surface area (Å²) in [5.41, 5.74) is -0.177. The molecule has 0 bridgehead atoms. The van der Waals surface area contributed by atoms with Crippen molar-refractivity contribution in [1.29, 1.82) is 0 Å². The third-order valence-corrected chi connectivity index (χ3v) is 5.00. The summed E-state index contributed by atoms with van der Waals surface area (Å²) < 4.78 is 63.7. The van der Waals surface area contributed by atoms with Crippen LogP contribution < -0.4 is 9.62 Å². The summed E-state index contributed by atoms with van der Waals surface area (Å²) in [7, 11) is -3.79. The number of amides is 1. The number of sulfonamides is 1. The Morgan fingerprint density at radius 1 is 1.19 bits per heavy atom. The largest absolute Gasteiger partial charge is 0.417 e. The van der Waals surface area contributed by atoms with Crippen LogP contribution in [-0.2, 0) is 21.0 Å². The molecule has 0 aliphatic carbocycles. The van der Waals surface area contributed by atoms with Gasteiger partial charge < -0.3 is 5.32 Å². The van der Waals surface area contributed by atoms with Crippen molar-refractivity contribution >= 4 is 38.9 Å². The number of hydrogen-bond donors (Lipinski definition) is 1. The zero-order valence-electron chi connectivity index (χ0n) is 14.3. The average Bonchev–Trinajstić information content (AvgIpc) is 2.52. The molecule has 0 radical (unpaired) electrons. The van der Waals surface area contributed by atoms with Crippen molar-refractivity contribution in [3.63, 3.8) is 0 Å². The standard InChI is InChI=1S/C17H16ClF3N2O3S/c1-11-4-3-5-13(8-11)23(27(2,25)26)10-16(24)22-12-6-7-15(18)14(9-12)17(19,20)21/h3-9H,10H2,1-2H3,(H,22,24). The number of nitrogens with zero attached hydrogens (tertiary/aromatic N) is 1. The minimum Gasteiger partial charge on any atom is -0.324 e. The van der Waals surface area contributed by atoms with Crippen LogP contribution in [0.15, 0.2) is 42.5 Å². The van der Waals surface area contributed by atoms with Gasteiger partial charge in [-0.2, -0.15) is 13.2 Å². The van der Waals surface area contributed by atoms with E-state index in [4.69, 9.17) is 11.6 Å². The number of alkyl halides is 3. The van der Waals surface area contributed by atoms with Crippen LogP contribution in [0.4, 0.5) is 24.5 Å². The summed E-state index contributed by atoms with van der Waals surface area (Å²) in [6, 6.07) is 9.40. The first-order valence-electron chi connectivity index (χ1n) is 7.59. The molecule has 0 unspecified atom stereocenters. The Balaban J connectivity index is 2.25. The second-order valence-electron chi connectivity index (χ2n) is 5.85. The van der Waals surface area contributed by atoms with Crippen LogP contribution in [-0.4, -0.2) is 27.1 Å². The van der Waals surface area contributed by atoms with Gasteiger partial charge in [0.15, 0.2) is 0 Å². The molecule has 0 aliphatic rings. The molecule has 1 amide bonds. The van der Waals surface area contributed by atoms with E-state index in [1.807, 2.05) is 0 Å². The SMILES string of the molecule is Cc1cccc(N(CC(=O)Nc2ccc(Cl)c(C(F)(F)F)c2)S(C)(=O)=O)c1. The van der Waals surface area contributed by atoms with Crippen LogP contribution >= 0.6 is 11.6 Å². The topological polar surface area (TPSA) is 66.5 Å². The quantitative estimate of drug-likeness (QED) is 0.792. The number of nitrogens with one attached hydrogen (secondary N) is 1. The molecule has 27 heavy (non-hydrogen) atoms. The molecule has 0 aromatic heterocycles. The molecule has 5 nitrogen and oxygen atoms in total. The summed E-state index contributed by atoms with van der Waals surface area (Å²) in [6.45, 7) is 1.17. The number of benzene rings is 2. The molecule has 2 rings (SSSR count). The van der Waals surface area contributed by atoms with Gasteiger partial charge in [-0.15, -0.1) is 0 Å². The minimum absolute atomic E-state index is 0.144. The highest BCUT2D eigenvalue weighted by molar-refractivity contribution is 7.92. The first kappa shape index (κ1) is 21.0. The summed E-state index contributed by atoms with van der Waals surface area (Å²) in [6.07, 6.45) is -3.75. The van der Waals surface area contributed by atoms with Gasteiger partial charge in [0.1, 0.15) is 6.54 Å². The number of anilines is 2. The van der Waals surface area contributed by atoms with Crippen molar-refractivity contribution in [3.05, 3.63) is 58.6 Å².